The topological polar surface area (TPSA) is 36.0 Å². The maximum atomic E-state index is 9.49. The predicted molar refractivity (Wildman–Crippen MR) is 49.7 cm³/mol. The van der Waals surface area contributed by atoms with Crippen molar-refractivity contribution in [1.82, 2.24) is 4.98 Å². The van der Waals surface area contributed by atoms with Gasteiger partial charge in [0, 0.05) is 5.39 Å². The fourth-order valence-corrected chi connectivity index (χ4v) is 1.54. The first-order valence-electron chi connectivity index (χ1n) is 3.64. The van der Waals surface area contributed by atoms with Crippen LogP contribution < -0.4 is 0 Å². The van der Waals surface area contributed by atoms with Crippen LogP contribution in [0.4, 0.5) is 0 Å². The predicted octanol–water partition coefficient (Wildman–Crippen LogP) is 2.84. The molecule has 0 saturated heterocycles. The molecule has 1 aromatic heterocycles. The Morgan fingerprint density at radius 3 is 2.83 bits per heavy atom. The molecule has 2 nitrogen and oxygen atoms in total. The van der Waals surface area contributed by atoms with Crippen molar-refractivity contribution in [2.45, 2.75) is 6.92 Å². The van der Waals surface area contributed by atoms with Crippen molar-refractivity contribution in [3.05, 3.63) is 28.9 Å². The molecule has 2 N–H and O–H groups in total. The van der Waals surface area contributed by atoms with Crippen LogP contribution in [0.5, 0.6) is 5.75 Å². The number of hydrogen-bond donors (Lipinski definition) is 2. The molecule has 0 unspecified atom stereocenters. The highest BCUT2D eigenvalue weighted by molar-refractivity contribution is 6.30. The molecule has 0 fully saturated rings. The highest BCUT2D eigenvalue weighted by Crippen LogP contribution is 2.28. The highest BCUT2D eigenvalue weighted by atomic mass is 35.5. The lowest BCUT2D eigenvalue weighted by atomic mass is 10.2. The number of hydrogen-bond acceptors (Lipinski definition) is 1. The van der Waals surface area contributed by atoms with Crippen molar-refractivity contribution < 1.29 is 5.11 Å². The van der Waals surface area contributed by atoms with Gasteiger partial charge in [-0.3, -0.25) is 0 Å². The molecule has 0 aliphatic rings. The van der Waals surface area contributed by atoms with Crippen molar-refractivity contribution in [2.24, 2.45) is 0 Å². The van der Waals surface area contributed by atoms with Crippen LogP contribution in [0.2, 0.25) is 5.15 Å². The maximum absolute atomic E-state index is 9.49. The lowest BCUT2D eigenvalue weighted by molar-refractivity contribution is 0.481. The molecular weight excluding hydrogens is 174 g/mol. The molecule has 1 heterocycles. The number of rotatable bonds is 0. The highest BCUT2D eigenvalue weighted by Gasteiger charge is 2.03. The second-order valence-corrected chi connectivity index (χ2v) is 3.27. The second-order valence-electron chi connectivity index (χ2n) is 2.86. The molecule has 12 heavy (non-hydrogen) atoms. The number of benzene rings is 1. The third-order valence-corrected chi connectivity index (χ3v) is 2.03. The Kier molecular flexibility index (Phi) is 1.51. The summed E-state index contributed by atoms with van der Waals surface area (Å²) in [6.45, 7) is 1.92. The van der Waals surface area contributed by atoms with E-state index in [0.29, 0.717) is 5.15 Å². The van der Waals surface area contributed by atoms with Crippen LogP contribution in [0.1, 0.15) is 5.56 Å². The number of aromatic hydroxyl groups is 1. The molecule has 0 spiro atoms. The molecule has 0 aliphatic heterocycles. The smallest absolute Gasteiger partial charge is 0.125 e. The zero-order chi connectivity index (χ0) is 8.72. The van der Waals surface area contributed by atoms with E-state index in [1.54, 1.807) is 12.1 Å². The molecule has 0 aliphatic carbocycles. The van der Waals surface area contributed by atoms with Gasteiger partial charge in [0.15, 0.2) is 0 Å². The van der Waals surface area contributed by atoms with Crippen molar-refractivity contribution in [3.63, 3.8) is 0 Å². The van der Waals surface area contributed by atoms with Gasteiger partial charge in [-0.2, -0.15) is 0 Å². The molecule has 0 amide bonds. The van der Waals surface area contributed by atoms with Gasteiger partial charge >= 0.3 is 0 Å². The fourth-order valence-electron chi connectivity index (χ4n) is 1.33. The molecule has 1 aromatic carbocycles. The number of phenolic OH excluding ortho intramolecular Hbond substituents is 1. The summed E-state index contributed by atoms with van der Waals surface area (Å²) in [7, 11) is 0. The lowest BCUT2D eigenvalue weighted by Crippen LogP contribution is -1.73. The van der Waals surface area contributed by atoms with E-state index in [2.05, 4.69) is 4.98 Å². The average molecular weight is 182 g/mol. The Labute approximate surface area is 74.8 Å². The van der Waals surface area contributed by atoms with Crippen molar-refractivity contribution in [3.8, 4) is 5.75 Å². The molecule has 0 atom stereocenters. The first kappa shape index (κ1) is 7.50. The van der Waals surface area contributed by atoms with Gasteiger partial charge in [0.25, 0.3) is 0 Å². The van der Waals surface area contributed by atoms with Gasteiger partial charge in [-0.15, -0.1) is 0 Å². The van der Waals surface area contributed by atoms with Crippen molar-refractivity contribution >= 4 is 22.5 Å². The molecule has 3 heteroatoms. The number of fused-ring (bicyclic) bond motifs is 1. The fraction of sp³-hybridized carbons (Fsp3) is 0.111. The second kappa shape index (κ2) is 2.42. The lowest BCUT2D eigenvalue weighted by Gasteiger charge is -1.96. The third kappa shape index (κ3) is 1.04. The molecule has 62 valence electrons. The van der Waals surface area contributed by atoms with Gasteiger partial charge in [0.05, 0.1) is 5.52 Å². The van der Waals surface area contributed by atoms with E-state index in [0.717, 1.165) is 16.5 Å². The summed E-state index contributed by atoms with van der Waals surface area (Å²) >= 11 is 5.74. The molecule has 2 aromatic rings. The summed E-state index contributed by atoms with van der Waals surface area (Å²) in [6.07, 6.45) is 0. The Morgan fingerprint density at radius 1 is 1.33 bits per heavy atom. The van der Waals surface area contributed by atoms with E-state index < -0.39 is 0 Å². The number of halogens is 1. The van der Waals surface area contributed by atoms with Gasteiger partial charge in [0.1, 0.15) is 10.9 Å². The average Bonchev–Trinajstić information content (AvgIpc) is 2.29. The summed E-state index contributed by atoms with van der Waals surface area (Å²) in [4.78, 5) is 2.95. The standard InChI is InChI=1S/C9H8ClNO/c1-5-2-7-6(8(12)3-5)4-9(10)11-7/h2-4,11-12H,1H3. The Balaban J connectivity index is 2.88. The minimum Gasteiger partial charge on any atom is -0.507 e. The van der Waals surface area contributed by atoms with E-state index in [-0.39, 0.29) is 5.75 Å². The minimum absolute atomic E-state index is 0.271. The Hall–Kier alpha value is -1.15. The molecule has 0 radical (unpaired) electrons. The van der Waals surface area contributed by atoms with Crippen LogP contribution in [0.15, 0.2) is 18.2 Å². The number of phenols is 1. The number of aromatic nitrogens is 1. The van der Waals surface area contributed by atoms with Gasteiger partial charge in [0.2, 0.25) is 0 Å². The normalized spacial score (nSPS) is 10.8. The van der Waals surface area contributed by atoms with E-state index in [1.165, 1.54) is 0 Å². The van der Waals surface area contributed by atoms with Crippen LogP contribution in [0, 0.1) is 6.92 Å². The van der Waals surface area contributed by atoms with E-state index in [4.69, 9.17) is 11.6 Å². The summed E-state index contributed by atoms with van der Waals surface area (Å²) < 4.78 is 0. The number of nitrogens with one attached hydrogen (secondary N) is 1. The quantitative estimate of drug-likeness (QED) is 0.644. The summed E-state index contributed by atoms with van der Waals surface area (Å²) in [5, 5.41) is 10.8. The minimum atomic E-state index is 0.271. The zero-order valence-electron chi connectivity index (χ0n) is 6.56. The van der Waals surface area contributed by atoms with Crippen LogP contribution in [0.25, 0.3) is 10.9 Å². The Morgan fingerprint density at radius 2 is 2.08 bits per heavy atom. The SMILES string of the molecule is Cc1cc(O)c2cc(Cl)[nH]c2c1. The van der Waals surface area contributed by atoms with Gasteiger partial charge in [-0.1, -0.05) is 11.6 Å². The van der Waals surface area contributed by atoms with Gasteiger partial charge in [-0.25, -0.2) is 0 Å². The first-order valence-corrected chi connectivity index (χ1v) is 4.02. The summed E-state index contributed by atoms with van der Waals surface area (Å²) in [5.41, 5.74) is 1.89. The number of aryl methyl sites for hydroxylation is 1. The van der Waals surface area contributed by atoms with Crippen molar-refractivity contribution in [2.75, 3.05) is 0 Å². The van der Waals surface area contributed by atoms with E-state index in [9.17, 15) is 5.11 Å². The summed E-state index contributed by atoms with van der Waals surface area (Å²) in [6, 6.07) is 5.37. The monoisotopic (exact) mass is 181 g/mol. The van der Waals surface area contributed by atoms with Crippen LogP contribution in [-0.2, 0) is 0 Å². The first-order chi connectivity index (χ1) is 5.66. The number of H-pyrrole nitrogens is 1. The van der Waals surface area contributed by atoms with Crippen LogP contribution in [-0.4, -0.2) is 10.1 Å². The van der Waals surface area contributed by atoms with Gasteiger partial charge < -0.3 is 10.1 Å². The van der Waals surface area contributed by atoms with Gasteiger partial charge in [-0.05, 0) is 30.7 Å². The molecule has 2 rings (SSSR count). The third-order valence-electron chi connectivity index (χ3n) is 1.83. The maximum Gasteiger partial charge on any atom is 0.125 e. The van der Waals surface area contributed by atoms with E-state index in [1.807, 2.05) is 13.0 Å². The van der Waals surface area contributed by atoms with Crippen LogP contribution in [0.3, 0.4) is 0 Å². The van der Waals surface area contributed by atoms with Crippen LogP contribution >= 0.6 is 11.6 Å². The molecular formula is C9H8ClNO. The Bertz CT molecular complexity index is 433. The zero-order valence-corrected chi connectivity index (χ0v) is 7.31. The molecule has 0 saturated carbocycles. The number of aromatic amines is 1. The van der Waals surface area contributed by atoms with Crippen molar-refractivity contribution in [1.29, 1.82) is 0 Å². The van der Waals surface area contributed by atoms with E-state index >= 15 is 0 Å². The largest absolute Gasteiger partial charge is 0.507 e. The summed E-state index contributed by atoms with van der Waals surface area (Å²) in [5.74, 6) is 0.271. The molecule has 0 bridgehead atoms.